The first-order chi connectivity index (χ1) is 13.2. The average molecular weight is 397 g/mol. The van der Waals surface area contributed by atoms with Crippen LogP contribution in [0, 0.1) is 0 Å². The van der Waals surface area contributed by atoms with Gasteiger partial charge in [-0.05, 0) is 13.0 Å². The zero-order valence-corrected chi connectivity index (χ0v) is 14.8. The molecule has 4 N–H and O–H groups in total. The van der Waals surface area contributed by atoms with Gasteiger partial charge in [0.25, 0.3) is 0 Å². The summed E-state index contributed by atoms with van der Waals surface area (Å²) in [6.45, 7) is 0.934. The average Bonchev–Trinajstić information content (AvgIpc) is 3.18. The standard InChI is InChI=1S/C16H18F3N7O2/c1-8(27)14-24-11-4-21-13-10(2-3-20-13)12(11)26(14)25-5-9(6-25)23-15(28)22-7-16(17,18)19/h2-4,8-9,27H,5-7H2,1H3,(H,20,21)(H2,22,23,28)/t8-/m0/s1. The van der Waals surface area contributed by atoms with Crippen molar-refractivity contribution in [2.45, 2.75) is 25.2 Å². The van der Waals surface area contributed by atoms with Gasteiger partial charge in [-0.15, -0.1) is 0 Å². The first-order valence-corrected chi connectivity index (χ1v) is 8.62. The molecule has 4 rings (SSSR count). The summed E-state index contributed by atoms with van der Waals surface area (Å²) in [7, 11) is 0. The lowest BCUT2D eigenvalue weighted by Crippen LogP contribution is -2.65. The summed E-state index contributed by atoms with van der Waals surface area (Å²) in [4.78, 5) is 23.4. The highest BCUT2D eigenvalue weighted by Gasteiger charge is 2.34. The van der Waals surface area contributed by atoms with E-state index in [2.05, 4.69) is 20.3 Å². The van der Waals surface area contributed by atoms with Crippen LogP contribution in [0.5, 0.6) is 0 Å². The van der Waals surface area contributed by atoms with Gasteiger partial charge in [0.2, 0.25) is 0 Å². The molecule has 4 heterocycles. The second-order valence-electron chi connectivity index (χ2n) is 6.70. The van der Waals surface area contributed by atoms with Gasteiger partial charge in [0.1, 0.15) is 29.3 Å². The Morgan fingerprint density at radius 1 is 1.46 bits per heavy atom. The summed E-state index contributed by atoms with van der Waals surface area (Å²) in [5.74, 6) is 0.422. The molecule has 2 amide bonds. The molecule has 0 radical (unpaired) electrons. The third kappa shape index (κ3) is 3.30. The Bertz CT molecular complexity index is 1020. The van der Waals surface area contributed by atoms with Crippen molar-refractivity contribution in [3.05, 3.63) is 24.3 Å². The maximum absolute atomic E-state index is 12.2. The van der Waals surface area contributed by atoms with Crippen LogP contribution >= 0.6 is 0 Å². The molecule has 0 bridgehead atoms. The fraction of sp³-hybridized carbons (Fsp3) is 0.438. The van der Waals surface area contributed by atoms with Crippen LogP contribution in [0.15, 0.2) is 18.5 Å². The second kappa shape index (κ2) is 6.55. The third-order valence-corrected chi connectivity index (χ3v) is 4.51. The van der Waals surface area contributed by atoms with E-state index in [1.165, 1.54) is 0 Å². The number of rotatable bonds is 4. The van der Waals surface area contributed by atoms with Crippen molar-refractivity contribution in [2.24, 2.45) is 0 Å². The molecule has 9 nitrogen and oxygen atoms in total. The number of hydrogen-bond acceptors (Lipinski definition) is 5. The predicted molar refractivity (Wildman–Crippen MR) is 94.3 cm³/mol. The van der Waals surface area contributed by atoms with Gasteiger partial charge in [-0.25, -0.2) is 19.4 Å². The number of H-pyrrole nitrogens is 1. The third-order valence-electron chi connectivity index (χ3n) is 4.51. The molecule has 1 saturated heterocycles. The molecule has 3 aromatic heterocycles. The summed E-state index contributed by atoms with van der Waals surface area (Å²) in [6, 6.07) is 0.663. The molecule has 0 aliphatic carbocycles. The molecule has 28 heavy (non-hydrogen) atoms. The van der Waals surface area contributed by atoms with E-state index >= 15 is 0 Å². The van der Waals surface area contributed by atoms with E-state index in [4.69, 9.17) is 0 Å². The van der Waals surface area contributed by atoms with Gasteiger partial charge in [0.05, 0.1) is 25.3 Å². The molecule has 1 atom stereocenters. The Morgan fingerprint density at radius 3 is 2.89 bits per heavy atom. The van der Waals surface area contributed by atoms with E-state index < -0.39 is 24.9 Å². The van der Waals surface area contributed by atoms with Gasteiger partial charge in [0.15, 0.2) is 5.82 Å². The topological polar surface area (TPSA) is 111 Å². The summed E-state index contributed by atoms with van der Waals surface area (Å²) in [5.41, 5.74) is 2.05. The number of aliphatic hydroxyl groups excluding tert-OH is 1. The highest BCUT2D eigenvalue weighted by Crippen LogP contribution is 2.28. The van der Waals surface area contributed by atoms with Gasteiger partial charge in [0, 0.05) is 11.6 Å². The number of urea groups is 1. The Hall–Kier alpha value is -3.02. The number of amides is 2. The lowest BCUT2D eigenvalue weighted by atomic mass is 10.1. The van der Waals surface area contributed by atoms with E-state index in [9.17, 15) is 23.1 Å². The number of carbonyl (C=O) groups excluding carboxylic acids is 1. The molecule has 0 spiro atoms. The first-order valence-electron chi connectivity index (χ1n) is 8.62. The molecule has 1 aliphatic rings. The maximum atomic E-state index is 12.2. The van der Waals surface area contributed by atoms with E-state index in [1.54, 1.807) is 29.3 Å². The lowest BCUT2D eigenvalue weighted by molar-refractivity contribution is -0.122. The van der Waals surface area contributed by atoms with Gasteiger partial charge >= 0.3 is 12.2 Å². The van der Waals surface area contributed by atoms with Crippen LogP contribution in [0.3, 0.4) is 0 Å². The van der Waals surface area contributed by atoms with Crippen molar-refractivity contribution in [1.82, 2.24) is 30.3 Å². The minimum atomic E-state index is -4.46. The highest BCUT2D eigenvalue weighted by molar-refractivity contribution is 6.01. The van der Waals surface area contributed by atoms with Crippen LogP contribution in [0.25, 0.3) is 22.1 Å². The van der Waals surface area contributed by atoms with Crippen LogP contribution in [0.2, 0.25) is 0 Å². The number of nitrogens with one attached hydrogen (secondary N) is 3. The van der Waals surface area contributed by atoms with Gasteiger partial charge in [-0.1, -0.05) is 0 Å². The van der Waals surface area contributed by atoms with E-state index in [0.717, 1.165) is 10.9 Å². The van der Waals surface area contributed by atoms with Crippen LogP contribution < -0.4 is 15.6 Å². The first kappa shape index (κ1) is 18.3. The number of aromatic nitrogens is 4. The SMILES string of the molecule is C[C@H](O)c1nc2cnc3[nH]ccc3c2n1N1CC(NC(=O)NCC(F)(F)F)C1. The van der Waals surface area contributed by atoms with Crippen molar-refractivity contribution in [3.63, 3.8) is 0 Å². The summed E-state index contributed by atoms with van der Waals surface area (Å²) in [6.07, 6.45) is -1.94. The number of fused-ring (bicyclic) bond motifs is 3. The number of aliphatic hydroxyl groups is 1. The van der Waals surface area contributed by atoms with Crippen molar-refractivity contribution in [1.29, 1.82) is 0 Å². The monoisotopic (exact) mass is 397 g/mol. The lowest BCUT2D eigenvalue weighted by Gasteiger charge is -2.42. The summed E-state index contributed by atoms with van der Waals surface area (Å²) < 4.78 is 38.3. The Morgan fingerprint density at radius 2 is 2.21 bits per heavy atom. The van der Waals surface area contributed by atoms with E-state index in [-0.39, 0.29) is 6.04 Å². The summed E-state index contributed by atoms with van der Waals surface area (Å²) in [5, 5.41) is 17.1. The van der Waals surface area contributed by atoms with Gasteiger partial charge < -0.3 is 25.7 Å². The number of halogens is 3. The maximum Gasteiger partial charge on any atom is 0.405 e. The van der Waals surface area contributed by atoms with Crippen molar-refractivity contribution in [3.8, 4) is 0 Å². The number of hydrogen-bond donors (Lipinski definition) is 4. The van der Waals surface area contributed by atoms with Gasteiger partial charge in [-0.3, -0.25) is 0 Å². The second-order valence-corrected chi connectivity index (χ2v) is 6.70. The Balaban J connectivity index is 1.53. The Labute approximate surface area is 156 Å². The minimum absolute atomic E-state index is 0.323. The number of aromatic amines is 1. The molecule has 1 fully saturated rings. The Kier molecular flexibility index (Phi) is 4.29. The molecule has 150 valence electrons. The van der Waals surface area contributed by atoms with E-state index in [1.807, 2.05) is 11.1 Å². The van der Waals surface area contributed by atoms with Crippen molar-refractivity contribution < 1.29 is 23.1 Å². The molecular formula is C16H18F3N7O2. The quantitative estimate of drug-likeness (QED) is 0.528. The fourth-order valence-electron chi connectivity index (χ4n) is 3.26. The molecule has 0 unspecified atom stereocenters. The number of alkyl halides is 3. The number of imidazole rings is 1. The predicted octanol–water partition coefficient (Wildman–Crippen LogP) is 1.15. The fourth-order valence-corrected chi connectivity index (χ4v) is 3.26. The zero-order chi connectivity index (χ0) is 20.1. The molecule has 3 aromatic rings. The number of pyridine rings is 1. The number of nitrogens with zero attached hydrogens (tertiary/aromatic N) is 4. The van der Waals surface area contributed by atoms with Gasteiger partial charge in [-0.2, -0.15) is 13.2 Å². The molecular weight excluding hydrogens is 379 g/mol. The highest BCUT2D eigenvalue weighted by atomic mass is 19.4. The molecule has 12 heteroatoms. The smallest absolute Gasteiger partial charge is 0.385 e. The van der Waals surface area contributed by atoms with E-state index in [0.29, 0.717) is 30.1 Å². The minimum Gasteiger partial charge on any atom is -0.385 e. The largest absolute Gasteiger partial charge is 0.405 e. The van der Waals surface area contributed by atoms with Crippen LogP contribution in [0.1, 0.15) is 18.9 Å². The zero-order valence-electron chi connectivity index (χ0n) is 14.8. The molecule has 0 aromatic carbocycles. The van der Waals surface area contributed by atoms with Crippen LogP contribution in [-0.4, -0.2) is 62.6 Å². The van der Waals surface area contributed by atoms with Crippen molar-refractivity contribution in [2.75, 3.05) is 24.6 Å². The molecule has 1 aliphatic heterocycles. The molecule has 0 saturated carbocycles. The van der Waals surface area contributed by atoms with Crippen molar-refractivity contribution >= 4 is 28.1 Å². The van der Waals surface area contributed by atoms with Crippen LogP contribution in [-0.2, 0) is 0 Å². The summed E-state index contributed by atoms with van der Waals surface area (Å²) >= 11 is 0. The number of carbonyl (C=O) groups is 1. The normalized spacial score (nSPS) is 16.4. The van der Waals surface area contributed by atoms with Crippen LogP contribution in [0.4, 0.5) is 18.0 Å².